The number of nitrogens with zero attached hydrogens (tertiary/aromatic N) is 1. The highest BCUT2D eigenvalue weighted by Gasteiger charge is 2.12. The molecular formula is C33H35FN2O5. The molecule has 0 fully saturated rings. The van der Waals surface area contributed by atoms with Crippen LogP contribution in [0.25, 0.3) is 17.2 Å². The summed E-state index contributed by atoms with van der Waals surface area (Å²) in [5, 5.41) is 0. The van der Waals surface area contributed by atoms with Crippen molar-refractivity contribution in [2.75, 3.05) is 7.11 Å². The minimum absolute atomic E-state index is 0.190. The number of ether oxygens (including phenoxy) is 2. The molecule has 0 aliphatic heterocycles. The van der Waals surface area contributed by atoms with E-state index in [9.17, 15) is 9.18 Å². The lowest BCUT2D eigenvalue weighted by Crippen LogP contribution is -2.13. The molecule has 0 atom stereocenters. The van der Waals surface area contributed by atoms with Crippen molar-refractivity contribution in [1.82, 2.24) is 10.5 Å². The minimum Gasteiger partial charge on any atom is -0.487 e. The van der Waals surface area contributed by atoms with E-state index in [1.165, 1.54) is 19.2 Å². The van der Waals surface area contributed by atoms with E-state index in [1.54, 1.807) is 12.1 Å². The average molecular weight is 559 g/mol. The molecule has 0 saturated carbocycles. The number of esters is 1. The molecule has 0 aliphatic rings. The standard InChI is InChI=1S/C33H35FN2O5/c1-24-31(35-33(41-24)27-10-6-5-7-11-27)23-39-29-20-14-25(15-21-29)22-40-36-30(26-16-18-28(34)19-17-26)12-8-3-4-9-13-32(37)38-2/h5-7,10-12,14-21,36H,3-4,8-9,13,22-23H2,1-2H3. The van der Waals surface area contributed by atoms with Gasteiger partial charge in [0.1, 0.15) is 29.6 Å². The van der Waals surface area contributed by atoms with Gasteiger partial charge in [-0.25, -0.2) is 9.37 Å². The molecule has 0 amide bonds. The summed E-state index contributed by atoms with van der Waals surface area (Å²) >= 11 is 0. The van der Waals surface area contributed by atoms with Crippen LogP contribution < -0.4 is 10.2 Å². The summed E-state index contributed by atoms with van der Waals surface area (Å²) in [5.74, 6) is 1.53. The fourth-order valence-corrected chi connectivity index (χ4v) is 4.08. The first-order valence-electron chi connectivity index (χ1n) is 13.7. The molecule has 1 N–H and O–H groups in total. The minimum atomic E-state index is -0.297. The van der Waals surface area contributed by atoms with Crippen molar-refractivity contribution in [3.05, 3.63) is 113 Å². The van der Waals surface area contributed by atoms with Crippen LogP contribution in [0.4, 0.5) is 4.39 Å². The Bertz CT molecular complexity index is 1400. The van der Waals surface area contributed by atoms with E-state index in [0.29, 0.717) is 31.3 Å². The van der Waals surface area contributed by atoms with Gasteiger partial charge < -0.3 is 13.9 Å². The first-order valence-corrected chi connectivity index (χ1v) is 13.7. The predicted octanol–water partition coefficient (Wildman–Crippen LogP) is 7.55. The van der Waals surface area contributed by atoms with Crippen LogP contribution in [0.2, 0.25) is 0 Å². The van der Waals surface area contributed by atoms with E-state index in [2.05, 4.69) is 15.2 Å². The van der Waals surface area contributed by atoms with E-state index < -0.39 is 0 Å². The Morgan fingerprint density at radius 2 is 1.71 bits per heavy atom. The number of rotatable bonds is 15. The molecule has 1 heterocycles. The van der Waals surface area contributed by atoms with Crippen LogP contribution in [0, 0.1) is 12.7 Å². The Labute approximate surface area is 239 Å². The molecule has 0 saturated heterocycles. The molecule has 8 heteroatoms. The summed E-state index contributed by atoms with van der Waals surface area (Å²) in [6.45, 7) is 2.50. The van der Waals surface area contributed by atoms with Crippen molar-refractivity contribution in [2.45, 2.75) is 52.2 Å². The number of halogens is 1. The van der Waals surface area contributed by atoms with Crippen LogP contribution in [0.1, 0.15) is 54.7 Å². The molecular weight excluding hydrogens is 523 g/mol. The van der Waals surface area contributed by atoms with Gasteiger partial charge in [-0.1, -0.05) is 42.8 Å². The van der Waals surface area contributed by atoms with Crippen molar-refractivity contribution in [3.8, 4) is 17.2 Å². The molecule has 0 radical (unpaired) electrons. The topological polar surface area (TPSA) is 82.8 Å². The molecule has 0 bridgehead atoms. The zero-order valence-corrected chi connectivity index (χ0v) is 23.4. The van der Waals surface area contributed by atoms with Crippen LogP contribution >= 0.6 is 0 Å². The van der Waals surface area contributed by atoms with Crippen molar-refractivity contribution in [1.29, 1.82) is 0 Å². The van der Waals surface area contributed by atoms with Crippen molar-refractivity contribution in [2.24, 2.45) is 0 Å². The third kappa shape index (κ3) is 9.32. The zero-order chi connectivity index (χ0) is 28.9. The lowest BCUT2D eigenvalue weighted by molar-refractivity contribution is -0.140. The Morgan fingerprint density at radius 1 is 0.951 bits per heavy atom. The second-order valence-electron chi connectivity index (χ2n) is 9.51. The summed E-state index contributed by atoms with van der Waals surface area (Å²) in [6.07, 6.45) is 5.83. The van der Waals surface area contributed by atoms with Gasteiger partial charge in [0.25, 0.3) is 0 Å². The molecule has 41 heavy (non-hydrogen) atoms. The normalized spacial score (nSPS) is 11.3. The summed E-state index contributed by atoms with van der Waals surface area (Å²) in [5.41, 5.74) is 7.23. The van der Waals surface area contributed by atoms with Crippen LogP contribution in [-0.4, -0.2) is 18.1 Å². The van der Waals surface area contributed by atoms with E-state index in [-0.39, 0.29) is 11.8 Å². The second kappa shape index (κ2) is 15.4. The predicted molar refractivity (Wildman–Crippen MR) is 155 cm³/mol. The molecule has 3 aromatic carbocycles. The summed E-state index contributed by atoms with van der Waals surface area (Å²) in [6, 6.07) is 23.7. The number of carbonyl (C=O) groups is 1. The van der Waals surface area contributed by atoms with Gasteiger partial charge in [-0.3, -0.25) is 15.1 Å². The smallest absolute Gasteiger partial charge is 0.305 e. The fraction of sp³-hybridized carbons (Fsp3) is 0.273. The summed E-state index contributed by atoms with van der Waals surface area (Å²) in [7, 11) is 1.40. The highest BCUT2D eigenvalue weighted by atomic mass is 19.1. The number of benzene rings is 3. The summed E-state index contributed by atoms with van der Waals surface area (Å²) in [4.78, 5) is 21.6. The van der Waals surface area contributed by atoms with Gasteiger partial charge in [0.15, 0.2) is 0 Å². The van der Waals surface area contributed by atoms with E-state index >= 15 is 0 Å². The van der Waals surface area contributed by atoms with Gasteiger partial charge in [0, 0.05) is 12.0 Å². The van der Waals surface area contributed by atoms with Gasteiger partial charge in [-0.05, 0) is 85.8 Å². The zero-order valence-electron chi connectivity index (χ0n) is 23.4. The average Bonchev–Trinajstić information content (AvgIpc) is 3.38. The molecule has 1 aromatic heterocycles. The van der Waals surface area contributed by atoms with Crippen LogP contribution in [-0.2, 0) is 27.6 Å². The third-order valence-corrected chi connectivity index (χ3v) is 6.45. The highest BCUT2D eigenvalue weighted by molar-refractivity contribution is 5.69. The van der Waals surface area contributed by atoms with Crippen molar-refractivity contribution in [3.63, 3.8) is 0 Å². The first-order chi connectivity index (χ1) is 20.0. The monoisotopic (exact) mass is 558 g/mol. The SMILES string of the molecule is COC(=O)CCCCCC=C(NOCc1ccc(OCc2nc(-c3ccccc3)oc2C)cc1)c1ccc(F)cc1. The Balaban J connectivity index is 1.26. The number of methoxy groups -OCH3 is 1. The lowest BCUT2D eigenvalue weighted by Gasteiger charge is -2.12. The number of hydrogen-bond donors (Lipinski definition) is 1. The quantitative estimate of drug-likeness (QED) is 0.0916. The maximum atomic E-state index is 13.5. The van der Waals surface area contributed by atoms with Crippen molar-refractivity contribution < 1.29 is 27.9 Å². The van der Waals surface area contributed by atoms with Crippen molar-refractivity contribution >= 4 is 11.7 Å². The Hall–Kier alpha value is -4.43. The maximum Gasteiger partial charge on any atom is 0.305 e. The Morgan fingerprint density at radius 3 is 2.44 bits per heavy atom. The van der Waals surface area contributed by atoms with Gasteiger partial charge in [0.05, 0.1) is 19.4 Å². The number of oxazole rings is 1. The molecule has 0 unspecified atom stereocenters. The molecule has 4 rings (SSSR count). The van der Waals surface area contributed by atoms with Crippen LogP contribution in [0.3, 0.4) is 0 Å². The van der Waals surface area contributed by atoms with Gasteiger partial charge in [-0.2, -0.15) is 0 Å². The largest absolute Gasteiger partial charge is 0.487 e. The van der Waals surface area contributed by atoms with E-state index in [4.69, 9.17) is 14.0 Å². The van der Waals surface area contributed by atoms with Crippen LogP contribution in [0.15, 0.2) is 89.4 Å². The second-order valence-corrected chi connectivity index (χ2v) is 9.51. The number of hydrogen-bond acceptors (Lipinski definition) is 7. The summed E-state index contributed by atoms with van der Waals surface area (Å²) < 4.78 is 29.9. The molecule has 4 aromatic rings. The van der Waals surface area contributed by atoms with Gasteiger partial charge >= 0.3 is 5.97 Å². The third-order valence-electron chi connectivity index (χ3n) is 6.45. The molecule has 0 spiro atoms. The lowest BCUT2D eigenvalue weighted by atomic mass is 10.1. The number of nitrogens with one attached hydrogen (secondary N) is 1. The number of carbonyl (C=O) groups excluding carboxylic acids is 1. The maximum absolute atomic E-state index is 13.5. The van der Waals surface area contributed by atoms with E-state index in [0.717, 1.165) is 59.5 Å². The van der Waals surface area contributed by atoms with Gasteiger partial charge in [0.2, 0.25) is 5.89 Å². The first kappa shape index (κ1) is 29.6. The number of unbranched alkanes of at least 4 members (excludes halogenated alkanes) is 3. The number of aryl methyl sites for hydroxylation is 1. The van der Waals surface area contributed by atoms with Gasteiger partial charge in [-0.15, -0.1) is 0 Å². The number of hydroxylamine groups is 1. The molecule has 0 aliphatic carbocycles. The fourth-order valence-electron chi connectivity index (χ4n) is 4.08. The molecule has 7 nitrogen and oxygen atoms in total. The number of aromatic nitrogens is 1. The molecule has 214 valence electrons. The highest BCUT2D eigenvalue weighted by Crippen LogP contribution is 2.23. The number of allylic oxidation sites excluding steroid dienone is 1. The van der Waals surface area contributed by atoms with Crippen LogP contribution in [0.5, 0.6) is 5.75 Å². The van der Waals surface area contributed by atoms with E-state index in [1.807, 2.05) is 67.6 Å². The Kier molecular flexibility index (Phi) is 11.1.